The molecule has 0 amide bonds. The van der Waals surface area contributed by atoms with Crippen molar-refractivity contribution in [3.8, 4) is 11.1 Å². The molecule has 2 aromatic carbocycles. The number of benzene rings is 2. The van der Waals surface area contributed by atoms with E-state index in [2.05, 4.69) is 14.1 Å². The highest BCUT2D eigenvalue weighted by Gasteiger charge is 2.22. The molecule has 7 heteroatoms. The molecule has 0 fully saturated rings. The van der Waals surface area contributed by atoms with Gasteiger partial charge in [0.15, 0.2) is 0 Å². The number of rotatable bonds is 4. The van der Waals surface area contributed by atoms with Crippen LogP contribution in [-0.4, -0.2) is 17.8 Å². The van der Waals surface area contributed by atoms with E-state index in [0.717, 1.165) is 22.7 Å². The SMILES string of the molecule is CC(C)(C)c1nsc(NS(=O)(=O)c2ccc(-c3ccccc3)cc2)n1. The Balaban J connectivity index is 1.82. The van der Waals surface area contributed by atoms with E-state index in [1.165, 1.54) is 0 Å². The summed E-state index contributed by atoms with van der Waals surface area (Å²) in [5.74, 6) is 0.620. The fourth-order valence-electron chi connectivity index (χ4n) is 2.20. The van der Waals surface area contributed by atoms with Crippen LogP contribution in [0.2, 0.25) is 0 Å². The van der Waals surface area contributed by atoms with Gasteiger partial charge in [0.2, 0.25) is 5.13 Å². The van der Waals surface area contributed by atoms with Crippen molar-refractivity contribution >= 4 is 26.7 Å². The van der Waals surface area contributed by atoms with Crippen LogP contribution < -0.4 is 4.72 Å². The van der Waals surface area contributed by atoms with E-state index in [1.807, 2.05) is 51.1 Å². The molecule has 0 aliphatic heterocycles. The van der Waals surface area contributed by atoms with Crippen molar-refractivity contribution in [2.45, 2.75) is 31.1 Å². The zero-order valence-corrected chi connectivity index (χ0v) is 15.9. The normalized spacial score (nSPS) is 12.1. The number of nitrogens with one attached hydrogen (secondary N) is 1. The summed E-state index contributed by atoms with van der Waals surface area (Å²) in [6.07, 6.45) is 0. The maximum absolute atomic E-state index is 12.5. The fourth-order valence-corrected chi connectivity index (χ4v) is 4.18. The largest absolute Gasteiger partial charge is 0.263 e. The van der Waals surface area contributed by atoms with E-state index in [4.69, 9.17) is 0 Å². The van der Waals surface area contributed by atoms with E-state index in [9.17, 15) is 8.42 Å². The van der Waals surface area contributed by atoms with Gasteiger partial charge in [-0.15, -0.1) is 0 Å². The van der Waals surface area contributed by atoms with E-state index in [1.54, 1.807) is 24.3 Å². The maximum atomic E-state index is 12.5. The molecule has 3 rings (SSSR count). The lowest BCUT2D eigenvalue weighted by atomic mass is 9.96. The van der Waals surface area contributed by atoms with Gasteiger partial charge in [-0.1, -0.05) is 63.2 Å². The van der Waals surface area contributed by atoms with Gasteiger partial charge >= 0.3 is 0 Å². The molecule has 0 bridgehead atoms. The molecule has 1 aromatic heterocycles. The molecular formula is C18H19N3O2S2. The van der Waals surface area contributed by atoms with Gasteiger partial charge in [0.25, 0.3) is 10.0 Å². The Kier molecular flexibility index (Phi) is 4.62. The van der Waals surface area contributed by atoms with Gasteiger partial charge < -0.3 is 0 Å². The van der Waals surface area contributed by atoms with E-state index < -0.39 is 10.0 Å². The van der Waals surface area contributed by atoms with Crippen molar-refractivity contribution in [2.24, 2.45) is 0 Å². The predicted octanol–water partition coefficient (Wildman–Crippen LogP) is 4.30. The minimum Gasteiger partial charge on any atom is -0.253 e. The quantitative estimate of drug-likeness (QED) is 0.740. The molecule has 25 heavy (non-hydrogen) atoms. The molecule has 0 unspecified atom stereocenters. The molecule has 0 radical (unpaired) electrons. The number of hydrogen-bond acceptors (Lipinski definition) is 5. The van der Waals surface area contributed by atoms with Crippen molar-refractivity contribution in [3.05, 3.63) is 60.4 Å². The number of anilines is 1. The zero-order valence-electron chi connectivity index (χ0n) is 14.2. The Morgan fingerprint density at radius 2 is 1.52 bits per heavy atom. The van der Waals surface area contributed by atoms with Gasteiger partial charge in [-0.25, -0.2) is 13.4 Å². The first kappa shape index (κ1) is 17.6. The molecule has 130 valence electrons. The van der Waals surface area contributed by atoms with Gasteiger partial charge in [-0.2, -0.15) is 4.37 Å². The molecule has 0 spiro atoms. The summed E-state index contributed by atoms with van der Waals surface area (Å²) in [6.45, 7) is 5.95. The number of sulfonamides is 1. The number of nitrogens with zero attached hydrogens (tertiary/aromatic N) is 2. The Morgan fingerprint density at radius 1 is 0.920 bits per heavy atom. The average Bonchev–Trinajstić information content (AvgIpc) is 3.04. The molecule has 0 saturated heterocycles. The summed E-state index contributed by atoms with van der Waals surface area (Å²) in [7, 11) is -3.69. The van der Waals surface area contributed by atoms with Crippen LogP contribution in [0, 0.1) is 0 Å². The zero-order chi connectivity index (χ0) is 18.1. The second-order valence-corrected chi connectivity index (χ2v) is 9.10. The van der Waals surface area contributed by atoms with Crippen LogP contribution in [0.25, 0.3) is 11.1 Å². The Bertz CT molecular complexity index is 958. The van der Waals surface area contributed by atoms with Gasteiger partial charge in [-0.3, -0.25) is 4.72 Å². The highest BCUT2D eigenvalue weighted by atomic mass is 32.2. The van der Waals surface area contributed by atoms with E-state index >= 15 is 0 Å². The lowest BCUT2D eigenvalue weighted by molar-refractivity contribution is 0.555. The fraction of sp³-hybridized carbons (Fsp3) is 0.222. The molecule has 0 saturated carbocycles. The van der Waals surface area contributed by atoms with Crippen LogP contribution in [0.15, 0.2) is 59.5 Å². The first-order valence-corrected chi connectivity index (χ1v) is 10.0. The van der Waals surface area contributed by atoms with Crippen molar-refractivity contribution in [1.82, 2.24) is 9.36 Å². The topological polar surface area (TPSA) is 72.0 Å². The molecule has 1 N–H and O–H groups in total. The number of hydrogen-bond donors (Lipinski definition) is 1. The van der Waals surface area contributed by atoms with Crippen LogP contribution in [0.5, 0.6) is 0 Å². The van der Waals surface area contributed by atoms with Gasteiger partial charge in [-0.05, 0) is 23.3 Å². The molecule has 0 atom stereocenters. The van der Waals surface area contributed by atoms with Gasteiger partial charge in [0.05, 0.1) is 4.90 Å². The molecule has 0 aliphatic carbocycles. The van der Waals surface area contributed by atoms with Crippen LogP contribution in [0.3, 0.4) is 0 Å². The third kappa shape index (κ3) is 4.05. The van der Waals surface area contributed by atoms with Crippen LogP contribution in [0.4, 0.5) is 5.13 Å². The first-order chi connectivity index (χ1) is 11.8. The maximum Gasteiger partial charge on any atom is 0.263 e. The lowest BCUT2D eigenvalue weighted by Crippen LogP contribution is -2.15. The lowest BCUT2D eigenvalue weighted by Gasteiger charge is -2.12. The molecule has 5 nitrogen and oxygen atoms in total. The summed E-state index contributed by atoms with van der Waals surface area (Å²) in [5, 5.41) is 0.275. The Morgan fingerprint density at radius 3 is 2.08 bits per heavy atom. The second-order valence-electron chi connectivity index (χ2n) is 6.67. The highest BCUT2D eigenvalue weighted by molar-refractivity contribution is 7.93. The first-order valence-electron chi connectivity index (χ1n) is 7.78. The van der Waals surface area contributed by atoms with E-state index in [-0.39, 0.29) is 15.4 Å². The monoisotopic (exact) mass is 373 g/mol. The third-order valence-electron chi connectivity index (χ3n) is 3.59. The van der Waals surface area contributed by atoms with Crippen molar-refractivity contribution in [1.29, 1.82) is 0 Å². The molecule has 0 aliphatic rings. The Labute approximate surface area is 152 Å². The summed E-state index contributed by atoms with van der Waals surface area (Å²) < 4.78 is 31.8. The van der Waals surface area contributed by atoms with Crippen LogP contribution in [-0.2, 0) is 15.4 Å². The third-order valence-corrected chi connectivity index (χ3v) is 5.70. The molecular weight excluding hydrogens is 354 g/mol. The molecule has 1 heterocycles. The standard InChI is InChI=1S/C18H19N3O2S2/c1-18(2,3)16-19-17(24-20-16)21-25(22,23)15-11-9-14(10-12-15)13-7-5-4-6-8-13/h4-12H,1-3H3,(H,19,20,21). The smallest absolute Gasteiger partial charge is 0.253 e. The summed E-state index contributed by atoms with van der Waals surface area (Å²) in [6, 6.07) is 16.6. The Hall–Kier alpha value is -2.25. The van der Waals surface area contributed by atoms with Gasteiger partial charge in [0.1, 0.15) is 5.82 Å². The molecule has 3 aromatic rings. The predicted molar refractivity (Wildman–Crippen MR) is 101 cm³/mol. The average molecular weight is 374 g/mol. The summed E-state index contributed by atoms with van der Waals surface area (Å²) >= 11 is 1.05. The minimum absolute atomic E-state index is 0.194. The second kappa shape index (κ2) is 6.57. The van der Waals surface area contributed by atoms with Crippen molar-refractivity contribution in [2.75, 3.05) is 4.72 Å². The number of aromatic nitrogens is 2. The van der Waals surface area contributed by atoms with Crippen molar-refractivity contribution in [3.63, 3.8) is 0 Å². The van der Waals surface area contributed by atoms with Crippen LogP contribution >= 0.6 is 11.5 Å². The summed E-state index contributed by atoms with van der Waals surface area (Å²) in [5.41, 5.74) is 1.78. The van der Waals surface area contributed by atoms with E-state index in [0.29, 0.717) is 5.82 Å². The minimum atomic E-state index is -3.69. The summed E-state index contributed by atoms with van der Waals surface area (Å²) in [4.78, 5) is 4.47. The highest BCUT2D eigenvalue weighted by Crippen LogP contribution is 2.26. The van der Waals surface area contributed by atoms with Crippen molar-refractivity contribution < 1.29 is 8.42 Å². The van der Waals surface area contributed by atoms with Crippen LogP contribution in [0.1, 0.15) is 26.6 Å². The van der Waals surface area contributed by atoms with Gasteiger partial charge in [0, 0.05) is 16.9 Å².